The standard InChI is InChI=1S/C11H16BFNO2/c1-10(2,15)11(3,4)16-12-8-5-6-14-7-9(8)13/h5-7,15H,1-4H3. The second-order valence-electron chi connectivity index (χ2n) is 4.70. The summed E-state index contributed by atoms with van der Waals surface area (Å²) in [7, 11) is 1.30. The van der Waals surface area contributed by atoms with Gasteiger partial charge in [-0.1, -0.05) is 0 Å². The summed E-state index contributed by atoms with van der Waals surface area (Å²) in [6.45, 7) is 6.76. The molecule has 1 N–H and O–H groups in total. The maximum atomic E-state index is 13.2. The summed E-state index contributed by atoms with van der Waals surface area (Å²) in [4.78, 5) is 3.64. The molecule has 1 rings (SSSR count). The quantitative estimate of drug-likeness (QED) is 0.776. The lowest BCUT2D eigenvalue weighted by molar-refractivity contribution is -0.0893. The van der Waals surface area contributed by atoms with E-state index in [0.717, 1.165) is 6.20 Å². The zero-order valence-electron chi connectivity index (χ0n) is 9.99. The van der Waals surface area contributed by atoms with Crippen LogP contribution in [0, 0.1) is 5.82 Å². The van der Waals surface area contributed by atoms with Crippen molar-refractivity contribution in [3.63, 3.8) is 0 Å². The number of hydrogen-bond acceptors (Lipinski definition) is 3. The Morgan fingerprint density at radius 1 is 1.38 bits per heavy atom. The molecule has 0 atom stereocenters. The van der Waals surface area contributed by atoms with Crippen molar-refractivity contribution in [3.8, 4) is 0 Å². The molecule has 1 heterocycles. The Balaban J connectivity index is 2.69. The van der Waals surface area contributed by atoms with Crippen LogP contribution in [0.4, 0.5) is 4.39 Å². The number of halogens is 1. The van der Waals surface area contributed by atoms with Crippen molar-refractivity contribution in [2.45, 2.75) is 38.9 Å². The molecule has 0 aromatic carbocycles. The molecular formula is C11H16BFNO2. The Morgan fingerprint density at radius 3 is 2.50 bits per heavy atom. The minimum atomic E-state index is -1.02. The molecule has 1 aromatic heterocycles. The molecule has 0 amide bonds. The number of rotatable bonds is 4. The van der Waals surface area contributed by atoms with Gasteiger partial charge in [-0.15, -0.1) is 0 Å². The Morgan fingerprint density at radius 2 is 2.00 bits per heavy atom. The lowest BCUT2D eigenvalue weighted by atomic mass is 9.83. The van der Waals surface area contributed by atoms with Gasteiger partial charge in [0.2, 0.25) is 0 Å². The van der Waals surface area contributed by atoms with Crippen LogP contribution in [0.15, 0.2) is 18.5 Å². The molecule has 1 radical (unpaired) electrons. The highest BCUT2D eigenvalue weighted by molar-refractivity contribution is 6.47. The SMILES string of the molecule is CC(C)(O)C(C)(C)O[B]c1ccncc1F. The predicted molar refractivity (Wildman–Crippen MR) is 61.0 cm³/mol. The number of hydrogen-bond donors (Lipinski definition) is 1. The minimum absolute atomic E-state index is 0.312. The van der Waals surface area contributed by atoms with E-state index >= 15 is 0 Å². The highest BCUT2D eigenvalue weighted by atomic mass is 19.1. The maximum absolute atomic E-state index is 13.2. The first-order valence-corrected chi connectivity index (χ1v) is 5.07. The van der Waals surface area contributed by atoms with E-state index in [-0.39, 0.29) is 0 Å². The average molecular weight is 224 g/mol. The molecule has 5 heteroatoms. The Kier molecular flexibility index (Phi) is 3.70. The fourth-order valence-corrected chi connectivity index (χ4v) is 0.837. The van der Waals surface area contributed by atoms with Crippen molar-refractivity contribution in [2.75, 3.05) is 0 Å². The fourth-order valence-electron chi connectivity index (χ4n) is 0.837. The van der Waals surface area contributed by atoms with E-state index in [1.807, 2.05) is 0 Å². The second-order valence-corrected chi connectivity index (χ2v) is 4.70. The van der Waals surface area contributed by atoms with Crippen LogP contribution < -0.4 is 5.46 Å². The van der Waals surface area contributed by atoms with Crippen molar-refractivity contribution in [1.29, 1.82) is 0 Å². The third-order valence-corrected chi connectivity index (χ3v) is 2.76. The molecule has 0 saturated carbocycles. The number of aromatic nitrogens is 1. The third-order valence-electron chi connectivity index (χ3n) is 2.76. The van der Waals surface area contributed by atoms with Crippen molar-refractivity contribution < 1.29 is 14.2 Å². The predicted octanol–water partition coefficient (Wildman–Crippen LogP) is 1.03. The molecule has 0 bridgehead atoms. The molecule has 0 unspecified atom stereocenters. The molecule has 0 spiro atoms. The van der Waals surface area contributed by atoms with Gasteiger partial charge in [0.05, 0.1) is 17.4 Å². The lowest BCUT2D eigenvalue weighted by Gasteiger charge is -2.37. The number of pyridine rings is 1. The van der Waals surface area contributed by atoms with Crippen LogP contribution in [0.1, 0.15) is 27.7 Å². The Bertz CT molecular complexity index is 363. The minimum Gasteiger partial charge on any atom is -0.427 e. The second kappa shape index (κ2) is 4.51. The first kappa shape index (κ1) is 13.1. The van der Waals surface area contributed by atoms with E-state index in [4.69, 9.17) is 4.65 Å². The van der Waals surface area contributed by atoms with E-state index in [0.29, 0.717) is 5.46 Å². The lowest BCUT2D eigenvalue weighted by Crippen LogP contribution is -2.49. The number of nitrogens with zero attached hydrogens (tertiary/aromatic N) is 1. The first-order chi connectivity index (χ1) is 7.24. The van der Waals surface area contributed by atoms with Crippen LogP contribution in [0.3, 0.4) is 0 Å². The first-order valence-electron chi connectivity index (χ1n) is 5.07. The van der Waals surface area contributed by atoms with Gasteiger partial charge < -0.3 is 9.76 Å². The highest BCUT2D eigenvalue weighted by Crippen LogP contribution is 2.24. The summed E-state index contributed by atoms with van der Waals surface area (Å²) in [5.41, 5.74) is -1.51. The van der Waals surface area contributed by atoms with Gasteiger partial charge in [-0.2, -0.15) is 0 Å². The largest absolute Gasteiger partial charge is 0.427 e. The molecule has 0 aliphatic rings. The third kappa shape index (κ3) is 3.03. The van der Waals surface area contributed by atoms with Crippen LogP contribution in [0.25, 0.3) is 0 Å². The van der Waals surface area contributed by atoms with Crippen LogP contribution >= 0.6 is 0 Å². The summed E-state index contributed by atoms with van der Waals surface area (Å²) in [6.07, 6.45) is 2.60. The summed E-state index contributed by atoms with van der Waals surface area (Å²) < 4.78 is 18.6. The summed E-state index contributed by atoms with van der Waals surface area (Å²) in [5, 5.41) is 9.84. The Hall–Kier alpha value is -0.935. The van der Waals surface area contributed by atoms with Crippen LogP contribution in [-0.4, -0.2) is 28.8 Å². The number of aliphatic hydroxyl groups is 1. The molecule has 87 valence electrons. The molecule has 3 nitrogen and oxygen atoms in total. The van der Waals surface area contributed by atoms with Crippen LogP contribution in [0.5, 0.6) is 0 Å². The zero-order chi connectivity index (χ0) is 12.4. The van der Waals surface area contributed by atoms with Gasteiger partial charge in [0.15, 0.2) is 0 Å². The van der Waals surface area contributed by atoms with Crippen LogP contribution in [-0.2, 0) is 4.65 Å². The van der Waals surface area contributed by atoms with E-state index in [9.17, 15) is 9.50 Å². The molecule has 0 aliphatic carbocycles. The van der Waals surface area contributed by atoms with Gasteiger partial charge >= 0.3 is 7.48 Å². The van der Waals surface area contributed by atoms with Gasteiger partial charge in [-0.3, -0.25) is 4.98 Å². The highest BCUT2D eigenvalue weighted by Gasteiger charge is 2.35. The van der Waals surface area contributed by atoms with Crippen molar-refractivity contribution in [1.82, 2.24) is 4.98 Å². The molecule has 0 saturated heterocycles. The smallest absolute Gasteiger partial charge is 0.334 e. The summed E-state index contributed by atoms with van der Waals surface area (Å²) in [6, 6.07) is 1.51. The molecule has 0 aliphatic heterocycles. The summed E-state index contributed by atoms with van der Waals surface area (Å²) >= 11 is 0. The van der Waals surface area contributed by atoms with E-state index in [1.165, 1.54) is 19.7 Å². The van der Waals surface area contributed by atoms with E-state index in [2.05, 4.69) is 4.98 Å². The monoisotopic (exact) mass is 224 g/mol. The molecule has 16 heavy (non-hydrogen) atoms. The van der Waals surface area contributed by atoms with Crippen LogP contribution in [0.2, 0.25) is 0 Å². The average Bonchev–Trinajstić information content (AvgIpc) is 2.15. The zero-order valence-corrected chi connectivity index (χ0v) is 9.99. The summed E-state index contributed by atoms with van der Waals surface area (Å²) in [5.74, 6) is -0.450. The van der Waals surface area contributed by atoms with Crippen molar-refractivity contribution in [2.24, 2.45) is 0 Å². The van der Waals surface area contributed by atoms with Gasteiger partial charge in [-0.25, -0.2) is 4.39 Å². The van der Waals surface area contributed by atoms with E-state index < -0.39 is 17.0 Å². The van der Waals surface area contributed by atoms with Crippen molar-refractivity contribution in [3.05, 3.63) is 24.3 Å². The Labute approximate surface area is 95.9 Å². The topological polar surface area (TPSA) is 42.4 Å². The van der Waals surface area contributed by atoms with Gasteiger partial charge in [0.1, 0.15) is 5.82 Å². The normalized spacial score (nSPS) is 12.6. The van der Waals surface area contributed by atoms with Crippen molar-refractivity contribution >= 4 is 12.9 Å². The fraction of sp³-hybridized carbons (Fsp3) is 0.545. The molecular weight excluding hydrogens is 208 g/mol. The van der Waals surface area contributed by atoms with E-state index in [1.54, 1.807) is 27.7 Å². The van der Waals surface area contributed by atoms with Gasteiger partial charge in [0, 0.05) is 6.20 Å². The van der Waals surface area contributed by atoms with Gasteiger partial charge in [0.25, 0.3) is 0 Å². The molecule has 1 aromatic rings. The van der Waals surface area contributed by atoms with Gasteiger partial charge in [-0.05, 0) is 39.2 Å². The maximum Gasteiger partial charge on any atom is 0.334 e. The molecule has 0 fully saturated rings.